The zero-order valence-corrected chi connectivity index (χ0v) is 16.9. The molecule has 0 radical (unpaired) electrons. The number of carbonyl (C=O) groups excluding carboxylic acids is 1. The van der Waals surface area contributed by atoms with E-state index in [1.165, 1.54) is 48.5 Å². The second-order valence-electron chi connectivity index (χ2n) is 7.06. The first-order valence-electron chi connectivity index (χ1n) is 9.54. The molecule has 2 heterocycles. The molecule has 172 valence electrons. The standard InChI is InChI=1S/C23H13F3N2O6/c24-23(25,26)19-17(20(29)28(27-19)15-6-2-5-14(10-15)22(32)33)11-16-7-8-18(34-16)12-3-1-4-13(9-12)21(30)31/h1-11H,(H,30,31)(H,32,33)/b17-11-. The molecule has 34 heavy (non-hydrogen) atoms. The van der Waals surface area contributed by atoms with Crippen LogP contribution in [0.5, 0.6) is 0 Å². The topological polar surface area (TPSA) is 120 Å². The second kappa shape index (κ2) is 8.35. The molecular weight excluding hydrogens is 457 g/mol. The number of alkyl halides is 3. The summed E-state index contributed by atoms with van der Waals surface area (Å²) in [5.74, 6) is -3.53. The molecule has 3 aromatic rings. The number of halogens is 3. The summed E-state index contributed by atoms with van der Waals surface area (Å²) in [6, 6.07) is 13.3. The van der Waals surface area contributed by atoms with Crippen molar-refractivity contribution < 1.29 is 42.2 Å². The van der Waals surface area contributed by atoms with Crippen molar-refractivity contribution >= 4 is 35.3 Å². The van der Waals surface area contributed by atoms with Gasteiger partial charge in [-0.2, -0.15) is 23.3 Å². The van der Waals surface area contributed by atoms with Crippen molar-refractivity contribution in [3.63, 3.8) is 0 Å². The molecule has 0 saturated heterocycles. The third-order valence-corrected chi connectivity index (χ3v) is 4.79. The third-order valence-electron chi connectivity index (χ3n) is 4.79. The molecule has 0 unspecified atom stereocenters. The van der Waals surface area contributed by atoms with Crippen LogP contribution >= 0.6 is 0 Å². The summed E-state index contributed by atoms with van der Waals surface area (Å²) < 4.78 is 46.5. The number of amides is 1. The van der Waals surface area contributed by atoms with Gasteiger partial charge in [0, 0.05) is 5.56 Å². The molecule has 1 aliphatic rings. The van der Waals surface area contributed by atoms with Crippen LogP contribution in [0.15, 0.2) is 75.8 Å². The van der Waals surface area contributed by atoms with Crippen LogP contribution in [0.25, 0.3) is 17.4 Å². The molecule has 4 rings (SSSR count). The van der Waals surface area contributed by atoms with Gasteiger partial charge in [0.2, 0.25) is 0 Å². The predicted octanol–water partition coefficient (Wildman–Crippen LogP) is 4.69. The Hall–Kier alpha value is -4.67. The maximum Gasteiger partial charge on any atom is 0.435 e. The Labute approximate surface area is 188 Å². The van der Waals surface area contributed by atoms with Crippen LogP contribution in [0, 0.1) is 0 Å². The highest BCUT2D eigenvalue weighted by atomic mass is 19.4. The molecule has 0 aliphatic carbocycles. The lowest BCUT2D eigenvalue weighted by Crippen LogP contribution is -2.25. The number of rotatable bonds is 5. The van der Waals surface area contributed by atoms with Crippen molar-refractivity contribution in [2.24, 2.45) is 5.10 Å². The van der Waals surface area contributed by atoms with Crippen LogP contribution in [0.4, 0.5) is 18.9 Å². The van der Waals surface area contributed by atoms with Crippen LogP contribution in [-0.4, -0.2) is 39.9 Å². The summed E-state index contributed by atoms with van der Waals surface area (Å²) in [4.78, 5) is 35.2. The Kier molecular flexibility index (Phi) is 5.53. The zero-order valence-electron chi connectivity index (χ0n) is 16.9. The van der Waals surface area contributed by atoms with Gasteiger partial charge in [0.25, 0.3) is 5.91 Å². The van der Waals surface area contributed by atoms with Gasteiger partial charge < -0.3 is 14.6 Å². The molecule has 1 aliphatic heterocycles. The minimum absolute atomic E-state index is 0.00880. The number of carboxylic acids is 2. The highest BCUT2D eigenvalue weighted by molar-refractivity contribution is 6.34. The highest BCUT2D eigenvalue weighted by Crippen LogP contribution is 2.34. The van der Waals surface area contributed by atoms with E-state index in [1.807, 2.05) is 0 Å². The Morgan fingerprint density at radius 1 is 0.941 bits per heavy atom. The van der Waals surface area contributed by atoms with E-state index in [-0.39, 0.29) is 28.3 Å². The average molecular weight is 470 g/mol. The van der Waals surface area contributed by atoms with Crippen molar-refractivity contribution in [1.82, 2.24) is 0 Å². The summed E-state index contributed by atoms with van der Waals surface area (Å²) in [5.41, 5.74) is -2.28. The molecule has 11 heteroatoms. The van der Waals surface area contributed by atoms with Crippen LogP contribution in [0.2, 0.25) is 0 Å². The molecule has 0 spiro atoms. The Morgan fingerprint density at radius 3 is 2.24 bits per heavy atom. The van der Waals surface area contributed by atoms with E-state index in [4.69, 9.17) is 14.6 Å². The van der Waals surface area contributed by atoms with Crippen LogP contribution < -0.4 is 5.01 Å². The maximum absolute atomic E-state index is 13.6. The van der Waals surface area contributed by atoms with Crippen molar-refractivity contribution in [3.05, 3.63) is 83.1 Å². The molecule has 0 fully saturated rings. The largest absolute Gasteiger partial charge is 0.478 e. The van der Waals surface area contributed by atoms with Gasteiger partial charge in [-0.15, -0.1) is 0 Å². The van der Waals surface area contributed by atoms with Gasteiger partial charge in [-0.1, -0.05) is 18.2 Å². The van der Waals surface area contributed by atoms with Gasteiger partial charge in [-0.25, -0.2) is 9.59 Å². The fourth-order valence-electron chi connectivity index (χ4n) is 3.23. The normalized spacial score (nSPS) is 15.0. The Morgan fingerprint density at radius 2 is 1.59 bits per heavy atom. The highest BCUT2D eigenvalue weighted by Gasteiger charge is 2.47. The van der Waals surface area contributed by atoms with Gasteiger partial charge in [0.15, 0.2) is 5.71 Å². The summed E-state index contributed by atoms with van der Waals surface area (Å²) in [6.45, 7) is 0. The molecule has 2 aromatic carbocycles. The molecule has 0 saturated carbocycles. The van der Waals surface area contributed by atoms with E-state index in [1.54, 1.807) is 6.07 Å². The minimum Gasteiger partial charge on any atom is -0.478 e. The van der Waals surface area contributed by atoms with E-state index < -0.39 is 35.3 Å². The quantitative estimate of drug-likeness (QED) is 0.522. The fraction of sp³-hybridized carbons (Fsp3) is 0.0435. The van der Waals surface area contributed by atoms with Crippen LogP contribution in [0.1, 0.15) is 26.5 Å². The van der Waals surface area contributed by atoms with Crippen molar-refractivity contribution in [2.45, 2.75) is 6.18 Å². The second-order valence-corrected chi connectivity index (χ2v) is 7.06. The van der Waals surface area contributed by atoms with Gasteiger partial charge in [-0.05, 0) is 48.5 Å². The molecular formula is C23H13F3N2O6. The van der Waals surface area contributed by atoms with Crippen LogP contribution in [0.3, 0.4) is 0 Å². The predicted molar refractivity (Wildman–Crippen MR) is 113 cm³/mol. The first-order chi connectivity index (χ1) is 16.0. The number of benzene rings is 2. The van der Waals surface area contributed by atoms with E-state index in [2.05, 4.69) is 5.10 Å². The van der Waals surface area contributed by atoms with Crippen molar-refractivity contribution in [2.75, 3.05) is 5.01 Å². The lowest BCUT2D eigenvalue weighted by Gasteiger charge is -2.11. The molecule has 0 bridgehead atoms. The molecule has 2 N–H and O–H groups in total. The molecule has 0 atom stereocenters. The lowest BCUT2D eigenvalue weighted by atomic mass is 10.1. The number of hydrogen-bond donors (Lipinski definition) is 2. The SMILES string of the molecule is O=C(O)c1cccc(-c2ccc(/C=C3\C(=O)N(c4cccc(C(=O)O)c4)N=C3C(F)(F)F)o2)c1. The maximum atomic E-state index is 13.6. The van der Waals surface area contributed by atoms with Gasteiger partial charge in [0.05, 0.1) is 22.4 Å². The van der Waals surface area contributed by atoms with E-state index in [0.29, 0.717) is 10.6 Å². The summed E-state index contributed by atoms with van der Waals surface area (Å²) >= 11 is 0. The smallest absolute Gasteiger partial charge is 0.435 e. The van der Waals surface area contributed by atoms with E-state index in [0.717, 1.165) is 12.1 Å². The van der Waals surface area contributed by atoms with Crippen LogP contribution in [-0.2, 0) is 4.79 Å². The first kappa shape index (κ1) is 22.5. The van der Waals surface area contributed by atoms with Gasteiger partial charge >= 0.3 is 18.1 Å². The number of furan rings is 1. The third kappa shape index (κ3) is 4.31. The van der Waals surface area contributed by atoms with E-state index >= 15 is 0 Å². The number of carboxylic acid groups (broad SMARTS) is 2. The molecule has 8 nitrogen and oxygen atoms in total. The Balaban J connectivity index is 1.72. The summed E-state index contributed by atoms with van der Waals surface area (Å²) in [5, 5.41) is 22.1. The van der Waals surface area contributed by atoms with Crippen molar-refractivity contribution in [1.29, 1.82) is 0 Å². The number of hydrazone groups is 1. The number of nitrogens with zero attached hydrogens (tertiary/aromatic N) is 2. The Bertz CT molecular complexity index is 1390. The lowest BCUT2D eigenvalue weighted by molar-refractivity contribution is -0.114. The fourth-order valence-corrected chi connectivity index (χ4v) is 3.23. The number of hydrogen-bond acceptors (Lipinski definition) is 5. The average Bonchev–Trinajstić information content (AvgIpc) is 3.39. The first-order valence-corrected chi connectivity index (χ1v) is 9.54. The van der Waals surface area contributed by atoms with Gasteiger partial charge in [0.1, 0.15) is 11.5 Å². The number of anilines is 1. The number of carbonyl (C=O) groups is 3. The van der Waals surface area contributed by atoms with E-state index in [9.17, 15) is 27.6 Å². The molecule has 1 aromatic heterocycles. The molecule has 1 amide bonds. The number of aromatic carboxylic acids is 2. The zero-order chi connectivity index (χ0) is 24.6. The minimum atomic E-state index is -4.98. The summed E-state index contributed by atoms with van der Waals surface area (Å²) in [6.07, 6.45) is -4.11. The monoisotopic (exact) mass is 470 g/mol. The van der Waals surface area contributed by atoms with Gasteiger partial charge in [-0.3, -0.25) is 4.79 Å². The summed E-state index contributed by atoms with van der Waals surface area (Å²) in [7, 11) is 0. The van der Waals surface area contributed by atoms with Crippen molar-refractivity contribution in [3.8, 4) is 11.3 Å².